The second kappa shape index (κ2) is 49.9. The number of unbranched alkanes of at least 4 members (excludes halogenated alkanes) is 39. The summed E-state index contributed by atoms with van der Waals surface area (Å²) in [5.41, 5.74) is 0. The number of rotatable bonds is 51. The molecule has 6 heteroatoms. The van der Waals surface area contributed by atoms with E-state index in [9.17, 15) is 19.8 Å². The zero-order valence-electron chi connectivity index (χ0n) is 41.6. The summed E-state index contributed by atoms with van der Waals surface area (Å²) in [6, 6.07) is -0.692. The summed E-state index contributed by atoms with van der Waals surface area (Å²) in [7, 11) is 0. The van der Waals surface area contributed by atoms with Gasteiger partial charge in [0.05, 0.1) is 25.2 Å². The summed E-state index contributed by atoms with van der Waals surface area (Å²) in [5, 5.41) is 23.8. The Morgan fingerprint density at radius 1 is 0.410 bits per heavy atom. The largest absolute Gasteiger partial charge is 0.462 e. The topological polar surface area (TPSA) is 95.9 Å². The molecule has 3 unspecified atom stereocenters. The molecular formula is C55H109NO5. The number of aliphatic hydroxyl groups is 2. The van der Waals surface area contributed by atoms with Crippen LogP contribution < -0.4 is 5.32 Å². The Labute approximate surface area is 381 Å². The van der Waals surface area contributed by atoms with Crippen molar-refractivity contribution in [1.82, 2.24) is 5.32 Å². The lowest BCUT2D eigenvalue weighted by Crippen LogP contribution is -2.46. The standard InChI is InChI=1S/C55H109NO5/c1-4-7-10-13-16-19-22-25-26-27-28-29-30-33-36-39-42-45-48-55(60)61-51(46-43-40-37-34-31-23-20-17-14-11-8-5-2)49-54(59)56-52(50-57)53(58)47-44-41-38-35-32-24-21-18-15-12-9-6-3/h51-53,57-58H,4-50H2,1-3H3,(H,56,59). The second-order valence-electron chi connectivity index (χ2n) is 19.4. The highest BCUT2D eigenvalue weighted by Crippen LogP contribution is 2.19. The molecule has 61 heavy (non-hydrogen) atoms. The summed E-state index contributed by atoms with van der Waals surface area (Å²) in [4.78, 5) is 26.2. The van der Waals surface area contributed by atoms with Crippen LogP contribution in [0.4, 0.5) is 0 Å². The van der Waals surface area contributed by atoms with E-state index in [0.717, 1.165) is 38.5 Å². The lowest BCUT2D eigenvalue weighted by Gasteiger charge is -2.24. The van der Waals surface area contributed by atoms with Gasteiger partial charge < -0.3 is 20.3 Å². The molecule has 0 saturated carbocycles. The van der Waals surface area contributed by atoms with Gasteiger partial charge in [-0.25, -0.2) is 0 Å². The number of nitrogens with one attached hydrogen (secondary N) is 1. The molecule has 0 rings (SSSR count). The third kappa shape index (κ3) is 45.2. The molecule has 3 atom stereocenters. The molecule has 0 aliphatic heterocycles. The van der Waals surface area contributed by atoms with Crippen molar-refractivity contribution in [3.63, 3.8) is 0 Å². The van der Waals surface area contributed by atoms with Gasteiger partial charge in [0.2, 0.25) is 5.91 Å². The van der Waals surface area contributed by atoms with Crippen molar-refractivity contribution in [2.24, 2.45) is 0 Å². The molecule has 3 N–H and O–H groups in total. The summed E-state index contributed by atoms with van der Waals surface area (Å²) < 4.78 is 5.95. The molecule has 0 spiro atoms. The minimum Gasteiger partial charge on any atom is -0.462 e. The molecule has 0 bridgehead atoms. The molecule has 0 aromatic heterocycles. The first-order valence-corrected chi connectivity index (χ1v) is 27.8. The summed E-state index contributed by atoms with van der Waals surface area (Å²) in [6.45, 7) is 6.52. The molecule has 0 saturated heterocycles. The van der Waals surface area contributed by atoms with Crippen LogP contribution in [0.25, 0.3) is 0 Å². The van der Waals surface area contributed by atoms with Crippen LogP contribution >= 0.6 is 0 Å². The predicted molar refractivity (Wildman–Crippen MR) is 264 cm³/mol. The van der Waals surface area contributed by atoms with E-state index in [1.807, 2.05) is 0 Å². The number of carbonyl (C=O) groups excluding carboxylic acids is 2. The Morgan fingerprint density at radius 3 is 1.00 bits per heavy atom. The van der Waals surface area contributed by atoms with Crippen LogP contribution in [0.3, 0.4) is 0 Å². The average molecular weight is 864 g/mol. The summed E-state index contributed by atoms with van der Waals surface area (Å²) in [6.07, 6.45) is 54.5. The van der Waals surface area contributed by atoms with Crippen molar-refractivity contribution >= 4 is 11.9 Å². The SMILES string of the molecule is CCCCCCCCCCCCCCCCCCCCC(=O)OC(CCCCCCCCCCCCCC)CC(=O)NC(CO)C(O)CCCCCCCCCCCCCC. The normalized spacial score (nSPS) is 13.1. The zero-order valence-corrected chi connectivity index (χ0v) is 41.6. The van der Waals surface area contributed by atoms with Gasteiger partial charge in [-0.15, -0.1) is 0 Å². The van der Waals surface area contributed by atoms with Gasteiger partial charge in [0.15, 0.2) is 0 Å². The van der Waals surface area contributed by atoms with Crippen LogP contribution in [0, 0.1) is 0 Å². The van der Waals surface area contributed by atoms with Crippen molar-refractivity contribution in [2.45, 2.75) is 334 Å². The van der Waals surface area contributed by atoms with Crippen LogP contribution in [0.15, 0.2) is 0 Å². The fraction of sp³-hybridized carbons (Fsp3) is 0.964. The Morgan fingerprint density at radius 2 is 0.689 bits per heavy atom. The number of hydrogen-bond acceptors (Lipinski definition) is 5. The van der Waals surface area contributed by atoms with Crippen molar-refractivity contribution < 1.29 is 24.5 Å². The molecule has 0 aliphatic carbocycles. The maximum Gasteiger partial charge on any atom is 0.306 e. The van der Waals surface area contributed by atoms with E-state index < -0.39 is 18.2 Å². The van der Waals surface area contributed by atoms with Gasteiger partial charge in [0, 0.05) is 6.42 Å². The molecule has 6 nitrogen and oxygen atoms in total. The van der Waals surface area contributed by atoms with E-state index in [2.05, 4.69) is 26.1 Å². The molecule has 0 aliphatic rings. The highest BCUT2D eigenvalue weighted by molar-refractivity contribution is 5.77. The van der Waals surface area contributed by atoms with Crippen molar-refractivity contribution in [3.05, 3.63) is 0 Å². The quantitative estimate of drug-likeness (QED) is 0.0418. The fourth-order valence-corrected chi connectivity index (χ4v) is 8.96. The van der Waals surface area contributed by atoms with E-state index in [4.69, 9.17) is 4.74 Å². The van der Waals surface area contributed by atoms with Crippen LogP contribution in [-0.4, -0.2) is 46.9 Å². The number of hydrogen-bond donors (Lipinski definition) is 3. The first kappa shape index (κ1) is 59.9. The zero-order chi connectivity index (χ0) is 44.5. The maximum atomic E-state index is 13.2. The average Bonchev–Trinajstić information content (AvgIpc) is 3.25. The Kier molecular flexibility index (Phi) is 48.9. The summed E-state index contributed by atoms with van der Waals surface area (Å²) >= 11 is 0. The minimum absolute atomic E-state index is 0.0880. The second-order valence-corrected chi connectivity index (χ2v) is 19.4. The predicted octanol–water partition coefficient (Wildman–Crippen LogP) is 16.7. The van der Waals surface area contributed by atoms with Crippen LogP contribution in [0.5, 0.6) is 0 Å². The molecule has 0 aromatic carbocycles. The lowest BCUT2D eigenvalue weighted by atomic mass is 10.0. The first-order valence-electron chi connectivity index (χ1n) is 27.8. The third-order valence-corrected chi connectivity index (χ3v) is 13.2. The van der Waals surface area contributed by atoms with Gasteiger partial charge in [-0.05, 0) is 25.7 Å². The highest BCUT2D eigenvalue weighted by atomic mass is 16.5. The fourth-order valence-electron chi connectivity index (χ4n) is 8.96. The van der Waals surface area contributed by atoms with E-state index in [1.165, 1.54) is 231 Å². The summed E-state index contributed by atoms with van der Waals surface area (Å²) in [5.74, 6) is -0.448. The number of ether oxygens (including phenoxy) is 1. The molecule has 364 valence electrons. The van der Waals surface area contributed by atoms with Crippen molar-refractivity contribution in [3.8, 4) is 0 Å². The van der Waals surface area contributed by atoms with Gasteiger partial charge in [-0.3, -0.25) is 9.59 Å². The number of amides is 1. The highest BCUT2D eigenvalue weighted by Gasteiger charge is 2.24. The molecule has 0 heterocycles. The van der Waals surface area contributed by atoms with E-state index >= 15 is 0 Å². The molecular weight excluding hydrogens is 755 g/mol. The van der Waals surface area contributed by atoms with Crippen molar-refractivity contribution in [2.75, 3.05) is 6.61 Å². The van der Waals surface area contributed by atoms with Crippen molar-refractivity contribution in [1.29, 1.82) is 0 Å². The number of aliphatic hydroxyl groups excluding tert-OH is 2. The van der Waals surface area contributed by atoms with Crippen LogP contribution in [-0.2, 0) is 14.3 Å². The van der Waals surface area contributed by atoms with Gasteiger partial charge in [-0.1, -0.05) is 278 Å². The third-order valence-electron chi connectivity index (χ3n) is 13.2. The van der Waals surface area contributed by atoms with Gasteiger partial charge in [0.25, 0.3) is 0 Å². The van der Waals surface area contributed by atoms with Gasteiger partial charge in [0.1, 0.15) is 6.10 Å². The molecule has 0 radical (unpaired) electrons. The van der Waals surface area contributed by atoms with E-state index in [-0.39, 0.29) is 24.9 Å². The Balaban J connectivity index is 4.44. The monoisotopic (exact) mass is 864 g/mol. The van der Waals surface area contributed by atoms with E-state index in [0.29, 0.717) is 19.3 Å². The lowest BCUT2D eigenvalue weighted by molar-refractivity contribution is -0.151. The number of carbonyl (C=O) groups is 2. The minimum atomic E-state index is -0.779. The van der Waals surface area contributed by atoms with E-state index in [1.54, 1.807) is 0 Å². The van der Waals surface area contributed by atoms with Crippen LogP contribution in [0.1, 0.15) is 316 Å². The Hall–Kier alpha value is -1.14. The first-order chi connectivity index (χ1) is 30.0. The molecule has 1 amide bonds. The number of esters is 1. The maximum absolute atomic E-state index is 13.2. The van der Waals surface area contributed by atoms with Gasteiger partial charge >= 0.3 is 5.97 Å². The van der Waals surface area contributed by atoms with Crippen LogP contribution in [0.2, 0.25) is 0 Å². The molecule has 0 aromatic rings. The smallest absolute Gasteiger partial charge is 0.306 e. The Bertz CT molecular complexity index is 882. The van der Waals surface area contributed by atoms with Gasteiger partial charge in [-0.2, -0.15) is 0 Å². The molecule has 0 fully saturated rings.